The van der Waals surface area contributed by atoms with Gasteiger partial charge in [0, 0.05) is 100 Å². The zero-order valence-corrected chi connectivity index (χ0v) is 45.3. The van der Waals surface area contributed by atoms with Gasteiger partial charge in [-0.1, -0.05) is 61.9 Å². The van der Waals surface area contributed by atoms with E-state index in [2.05, 4.69) is 105 Å². The normalized spacial score (nSPS) is 17.1. The number of aliphatic imine (C=N–C) groups is 1. The number of ether oxygens (including phenoxy) is 4. The van der Waals surface area contributed by atoms with Crippen LogP contribution >= 0.6 is 11.8 Å². The van der Waals surface area contributed by atoms with E-state index in [1.54, 1.807) is 143 Å². The van der Waals surface area contributed by atoms with Gasteiger partial charge < -0.3 is 49.9 Å². The Morgan fingerprint density at radius 3 is 1.30 bits per heavy atom. The molecule has 0 atom stereocenters. The molecule has 0 spiro atoms. The number of nitrogens with one attached hydrogen (secondary N) is 5. The molecule has 0 aromatic carbocycles. The molecular weight excluding hydrogens is 981 g/mol. The maximum absolute atomic E-state index is 5.19. The van der Waals surface area contributed by atoms with Crippen molar-refractivity contribution in [2.75, 3.05) is 64.1 Å². The van der Waals surface area contributed by atoms with E-state index in [1.165, 1.54) is 114 Å². The van der Waals surface area contributed by atoms with Gasteiger partial charge in [0.2, 0.25) is 0 Å². The molecule has 3 aromatic heterocycles. The number of allylic oxidation sites excluding steroid dienone is 3. The predicted molar refractivity (Wildman–Crippen MR) is 311 cm³/mol. The fourth-order valence-electron chi connectivity index (χ4n) is 5.59. The maximum atomic E-state index is 5.19. The third-order valence-corrected chi connectivity index (χ3v) is 10.4. The average molecular weight is 1070 g/mol. The van der Waals surface area contributed by atoms with Crippen molar-refractivity contribution in [2.45, 2.75) is 89.9 Å². The van der Waals surface area contributed by atoms with Crippen molar-refractivity contribution in [3.8, 4) is 0 Å². The molecule has 0 aliphatic carbocycles. The van der Waals surface area contributed by atoms with Gasteiger partial charge in [0.05, 0.1) is 12.4 Å². The first-order valence-electron chi connectivity index (χ1n) is 26.2. The lowest BCUT2D eigenvalue weighted by molar-refractivity contribution is 0.144. The lowest BCUT2D eigenvalue weighted by Gasteiger charge is -1.97. The fourth-order valence-corrected chi connectivity index (χ4v) is 6.61. The van der Waals surface area contributed by atoms with E-state index in [0.29, 0.717) is 13.2 Å². The van der Waals surface area contributed by atoms with Crippen LogP contribution in [0.4, 0.5) is 0 Å². The summed E-state index contributed by atoms with van der Waals surface area (Å²) in [5.41, 5.74) is 2.52. The van der Waals surface area contributed by atoms with Gasteiger partial charge in [0.1, 0.15) is 50.8 Å². The molecule has 0 bridgehead atoms. The smallest absolute Gasteiger partial charge is 0.135 e. The molecule has 19 heteroatoms. The van der Waals surface area contributed by atoms with Gasteiger partial charge in [-0.2, -0.15) is 22.0 Å². The number of aromatic nitrogens is 5. The highest BCUT2D eigenvalue weighted by molar-refractivity contribution is 7.99. The van der Waals surface area contributed by atoms with Crippen molar-refractivity contribution >= 4 is 24.2 Å². The van der Waals surface area contributed by atoms with Crippen LogP contribution in [0.25, 0.3) is 0 Å². The lowest BCUT2D eigenvalue weighted by Crippen LogP contribution is -2.13. The molecule has 12 heterocycles. The summed E-state index contributed by atoms with van der Waals surface area (Å²) in [4.78, 5) is 24.1. The van der Waals surface area contributed by atoms with Crippen LogP contribution < -0.4 is 26.7 Å². The first-order chi connectivity index (χ1) is 38.0. The average Bonchev–Trinajstić information content (AvgIpc) is 4.25. The number of hydrogen-bond acceptors (Lipinski definition) is 19. The molecule has 416 valence electrons. The van der Waals surface area contributed by atoms with Crippen molar-refractivity contribution in [2.24, 2.45) is 10.1 Å². The van der Waals surface area contributed by atoms with Gasteiger partial charge in [-0.25, -0.2) is 5.48 Å². The second-order valence-corrected chi connectivity index (χ2v) is 16.7. The molecule has 3 aromatic rings. The van der Waals surface area contributed by atoms with E-state index in [0.717, 1.165) is 26.3 Å². The molecule has 0 radical (unpaired) electrons. The van der Waals surface area contributed by atoms with E-state index in [4.69, 9.17) is 9.47 Å². The van der Waals surface area contributed by atoms with E-state index in [-0.39, 0.29) is 0 Å². The van der Waals surface area contributed by atoms with Gasteiger partial charge in [-0.05, 0) is 138 Å². The largest absolute Gasteiger partial charge is 0.494 e. The monoisotopic (exact) mass is 1070 g/mol. The Hall–Kier alpha value is -7.06. The number of oxime groups is 1. The molecule has 3 saturated heterocycles. The molecule has 76 heavy (non-hydrogen) atoms. The van der Waals surface area contributed by atoms with Crippen molar-refractivity contribution in [3.05, 3.63) is 191 Å². The second kappa shape index (κ2) is 64.1. The molecule has 18 nitrogen and oxygen atoms in total. The Balaban J connectivity index is 0.000000415. The van der Waals surface area contributed by atoms with Gasteiger partial charge in [-0.3, -0.25) is 19.9 Å². The van der Waals surface area contributed by atoms with Crippen LogP contribution in [0, 0.1) is 0 Å². The Morgan fingerprint density at radius 1 is 0.447 bits per heavy atom. The number of hydroxylamine groups is 1. The van der Waals surface area contributed by atoms with Gasteiger partial charge in [-0.15, -0.1) is 0 Å². The molecule has 9 aliphatic rings. The van der Waals surface area contributed by atoms with Gasteiger partial charge >= 0.3 is 0 Å². The summed E-state index contributed by atoms with van der Waals surface area (Å²) < 4.78 is 19.2. The topological polar surface area (TPSA) is 205 Å². The highest BCUT2D eigenvalue weighted by Gasteiger charge is 1.97. The zero-order chi connectivity index (χ0) is 53.7. The van der Waals surface area contributed by atoms with Crippen LogP contribution in [0.2, 0.25) is 0 Å². The zero-order valence-electron chi connectivity index (χ0n) is 44.5. The standard InChI is InChI=1S/C6H13N.C6H11N.C6H12O.C6H12S.C5H5N.2C4H4N2.5C4H5NO/c4*1-2-4-6-7-5-3-1;1-2-4-6-5-3-1;1-2-6-4-3-5-1;1-2-4-6-5-3-1;3*1-3-6-4-2-5-1;2*1-2-4-6-5-3-1/h7H,1-6H2;1-2,7H,3-6H2;2*1-6H2;1-5H;2*1-4H;1-3H,4H2;2*1-5H;1-3H,4H2;1-5H. The summed E-state index contributed by atoms with van der Waals surface area (Å²) in [7, 11) is 0. The van der Waals surface area contributed by atoms with Crippen LogP contribution in [-0.2, 0) is 28.6 Å². The van der Waals surface area contributed by atoms with Crippen molar-refractivity contribution in [1.82, 2.24) is 51.9 Å². The SMILES string of the molecule is C1=CCCNCC1.C1=CCON=C1.C1=CNOC=C1.C1=COC=CN1.C1=COC=CN1.C1=COCC=N1.C1CCCNCC1.C1CCCOCC1.C1CCCSCC1.c1ccncc1.c1ccnnc1.c1cnccn1. The Kier molecular flexibility index (Phi) is 56.4. The van der Waals surface area contributed by atoms with Crippen molar-refractivity contribution in [1.29, 1.82) is 0 Å². The van der Waals surface area contributed by atoms with E-state index < -0.39 is 0 Å². The molecular formula is C57H86N12O6S. The van der Waals surface area contributed by atoms with E-state index in [1.807, 2.05) is 48.6 Å². The van der Waals surface area contributed by atoms with Gasteiger partial charge in [0.15, 0.2) is 0 Å². The van der Waals surface area contributed by atoms with Crippen LogP contribution in [0.15, 0.2) is 201 Å². The van der Waals surface area contributed by atoms with Crippen LogP contribution in [0.5, 0.6) is 0 Å². The lowest BCUT2D eigenvalue weighted by atomic mass is 10.2. The number of nitrogens with zero attached hydrogens (tertiary/aromatic N) is 7. The number of hydrogen-bond donors (Lipinski definition) is 5. The minimum Gasteiger partial charge on any atom is -0.494 e. The first-order valence-corrected chi connectivity index (χ1v) is 27.4. The fraction of sp³-hybridized carbons (Fsp3) is 0.421. The molecule has 3 fully saturated rings. The molecule has 0 amide bonds. The summed E-state index contributed by atoms with van der Waals surface area (Å²) in [6.07, 6.45) is 67.4. The molecule has 9 aliphatic heterocycles. The highest BCUT2D eigenvalue weighted by Crippen LogP contribution is 2.15. The van der Waals surface area contributed by atoms with Crippen molar-refractivity contribution in [3.63, 3.8) is 0 Å². The quantitative estimate of drug-likeness (QED) is 0.133. The van der Waals surface area contributed by atoms with Crippen molar-refractivity contribution < 1.29 is 28.6 Å². The Bertz CT molecular complexity index is 1510. The van der Waals surface area contributed by atoms with Gasteiger partial charge in [0.25, 0.3) is 0 Å². The molecule has 5 N–H and O–H groups in total. The second-order valence-electron chi connectivity index (χ2n) is 15.5. The number of pyridine rings is 1. The minimum absolute atomic E-state index is 0.622. The third-order valence-electron chi connectivity index (χ3n) is 9.29. The van der Waals surface area contributed by atoms with E-state index in [9.17, 15) is 0 Å². The Labute approximate surface area is 458 Å². The summed E-state index contributed by atoms with van der Waals surface area (Å²) >= 11 is 2.12. The summed E-state index contributed by atoms with van der Waals surface area (Å²) in [6.45, 7) is 8.07. The van der Waals surface area contributed by atoms with Crippen LogP contribution in [0.3, 0.4) is 0 Å². The summed E-state index contributed by atoms with van der Waals surface area (Å²) in [5, 5.41) is 22.8. The summed E-state index contributed by atoms with van der Waals surface area (Å²) in [5.74, 6) is 2.83. The van der Waals surface area contributed by atoms with Crippen LogP contribution in [0.1, 0.15) is 89.9 Å². The molecule has 0 saturated carbocycles. The predicted octanol–water partition coefficient (Wildman–Crippen LogP) is 10.7. The van der Waals surface area contributed by atoms with E-state index >= 15 is 0 Å². The highest BCUT2D eigenvalue weighted by atomic mass is 32.2. The Morgan fingerprint density at radius 2 is 1.00 bits per heavy atom. The molecule has 0 unspecified atom stereocenters. The number of rotatable bonds is 0. The minimum atomic E-state index is 0.622. The third kappa shape index (κ3) is 61.2. The maximum Gasteiger partial charge on any atom is 0.135 e. The first kappa shape index (κ1) is 67.0. The van der Waals surface area contributed by atoms with Crippen LogP contribution in [-0.4, -0.2) is 102 Å². The number of thioether (sulfide) groups is 1. The summed E-state index contributed by atoms with van der Waals surface area (Å²) in [6, 6.07) is 9.37. The molecule has 12 rings (SSSR count).